The Labute approximate surface area is 135 Å². The number of benzene rings is 1. The first-order valence-corrected chi connectivity index (χ1v) is 7.28. The van der Waals surface area contributed by atoms with Gasteiger partial charge in [0, 0.05) is 24.7 Å². The molecule has 1 saturated carbocycles. The average molecular weight is 326 g/mol. The third-order valence-corrected chi connectivity index (χ3v) is 4.01. The number of likely N-dealkylation sites (N-methyl/N-ethyl adjacent to an activating group) is 1. The highest BCUT2D eigenvalue weighted by Crippen LogP contribution is 2.35. The van der Waals surface area contributed by atoms with Crippen molar-refractivity contribution in [2.45, 2.75) is 25.4 Å². The van der Waals surface area contributed by atoms with Gasteiger partial charge in [0.1, 0.15) is 12.1 Å². The number of oxazole rings is 1. The Kier molecular flexibility index (Phi) is 5.56. The fourth-order valence-corrected chi connectivity index (χ4v) is 2.72. The molecule has 0 aliphatic heterocycles. The summed E-state index contributed by atoms with van der Waals surface area (Å²) < 4.78 is 18.7. The summed E-state index contributed by atoms with van der Waals surface area (Å²) in [5.41, 5.74) is 7.35. The van der Waals surface area contributed by atoms with Crippen LogP contribution in [0.1, 0.15) is 18.5 Å². The van der Waals surface area contributed by atoms with Crippen LogP contribution in [0, 0.1) is 11.7 Å². The molecule has 120 valence electrons. The van der Waals surface area contributed by atoms with Crippen molar-refractivity contribution in [3.05, 3.63) is 42.0 Å². The van der Waals surface area contributed by atoms with E-state index in [1.54, 1.807) is 18.4 Å². The maximum absolute atomic E-state index is 13.2. The van der Waals surface area contributed by atoms with Crippen molar-refractivity contribution >= 4 is 12.4 Å². The molecule has 0 spiro atoms. The zero-order valence-corrected chi connectivity index (χ0v) is 13.4. The third kappa shape index (κ3) is 3.85. The second-order valence-corrected chi connectivity index (χ2v) is 5.71. The highest BCUT2D eigenvalue weighted by atomic mass is 35.5. The molecule has 1 aromatic heterocycles. The van der Waals surface area contributed by atoms with Gasteiger partial charge in [-0.15, -0.1) is 12.4 Å². The Morgan fingerprint density at radius 1 is 1.45 bits per heavy atom. The van der Waals surface area contributed by atoms with Gasteiger partial charge in [0.05, 0.1) is 5.69 Å². The van der Waals surface area contributed by atoms with Gasteiger partial charge in [-0.25, -0.2) is 9.37 Å². The van der Waals surface area contributed by atoms with Crippen LogP contribution < -0.4 is 5.73 Å². The highest BCUT2D eigenvalue weighted by Gasteiger charge is 2.33. The first-order valence-electron chi connectivity index (χ1n) is 7.28. The summed E-state index contributed by atoms with van der Waals surface area (Å²) in [5.74, 6) is 0.879. The molecule has 2 aromatic rings. The molecular weight excluding hydrogens is 305 g/mol. The molecule has 0 saturated heterocycles. The van der Waals surface area contributed by atoms with E-state index in [-0.39, 0.29) is 18.2 Å². The first-order chi connectivity index (χ1) is 10.2. The van der Waals surface area contributed by atoms with Crippen LogP contribution >= 0.6 is 12.4 Å². The van der Waals surface area contributed by atoms with Gasteiger partial charge < -0.3 is 10.2 Å². The van der Waals surface area contributed by atoms with E-state index in [1.807, 2.05) is 0 Å². The zero-order chi connectivity index (χ0) is 14.8. The predicted molar refractivity (Wildman–Crippen MR) is 86.2 cm³/mol. The second-order valence-electron chi connectivity index (χ2n) is 5.71. The number of hydrogen-bond donors (Lipinski definition) is 1. The van der Waals surface area contributed by atoms with Gasteiger partial charge in [-0.1, -0.05) is 6.07 Å². The van der Waals surface area contributed by atoms with Crippen LogP contribution in [0.3, 0.4) is 0 Å². The third-order valence-electron chi connectivity index (χ3n) is 4.01. The lowest BCUT2D eigenvalue weighted by atomic mass is 10.1. The maximum Gasteiger partial charge on any atom is 0.226 e. The zero-order valence-electron chi connectivity index (χ0n) is 12.5. The van der Waals surface area contributed by atoms with E-state index in [2.05, 4.69) is 16.9 Å². The summed E-state index contributed by atoms with van der Waals surface area (Å²) in [6.07, 6.45) is 4.16. The van der Waals surface area contributed by atoms with Gasteiger partial charge in [-0.05, 0) is 44.0 Å². The van der Waals surface area contributed by atoms with E-state index in [0.29, 0.717) is 30.6 Å². The van der Waals surface area contributed by atoms with Crippen molar-refractivity contribution in [1.29, 1.82) is 0 Å². The minimum absolute atomic E-state index is 0. The maximum atomic E-state index is 13.2. The van der Waals surface area contributed by atoms with Crippen LogP contribution in [0.15, 0.2) is 34.9 Å². The lowest BCUT2D eigenvalue weighted by molar-refractivity contribution is 0.213. The molecule has 2 N–H and O–H groups in total. The molecule has 0 bridgehead atoms. The van der Waals surface area contributed by atoms with Gasteiger partial charge in [0.25, 0.3) is 0 Å². The molecule has 1 atom stereocenters. The van der Waals surface area contributed by atoms with Crippen molar-refractivity contribution in [2.24, 2.45) is 11.7 Å². The van der Waals surface area contributed by atoms with Gasteiger partial charge in [-0.3, -0.25) is 4.90 Å². The molecule has 1 heterocycles. The number of nitrogens with zero attached hydrogens (tertiary/aromatic N) is 2. The van der Waals surface area contributed by atoms with Gasteiger partial charge >= 0.3 is 0 Å². The van der Waals surface area contributed by atoms with Gasteiger partial charge in [0.15, 0.2) is 0 Å². The quantitative estimate of drug-likeness (QED) is 0.886. The summed E-state index contributed by atoms with van der Waals surface area (Å²) in [7, 11) is 2.06. The minimum atomic E-state index is -0.290. The molecule has 0 radical (unpaired) electrons. The molecule has 1 aliphatic carbocycles. The standard InChI is InChI=1S/C16H20FN3O.ClH/c1-20(15(8-18)11-5-6-11)9-14-10-21-16(19-14)12-3-2-4-13(17)7-12;/h2-4,7,10-11,15H,5-6,8-9,18H2,1H3;1H. The van der Waals surface area contributed by atoms with E-state index in [1.165, 1.54) is 25.0 Å². The van der Waals surface area contributed by atoms with Crippen LogP contribution in [-0.2, 0) is 6.54 Å². The lowest BCUT2D eigenvalue weighted by Gasteiger charge is -2.25. The van der Waals surface area contributed by atoms with Gasteiger partial charge in [0.2, 0.25) is 5.89 Å². The van der Waals surface area contributed by atoms with E-state index >= 15 is 0 Å². The smallest absolute Gasteiger partial charge is 0.226 e. The molecular formula is C16H21ClFN3O. The predicted octanol–water partition coefficient (Wildman–Crippen LogP) is 3.07. The fourth-order valence-electron chi connectivity index (χ4n) is 2.72. The Morgan fingerprint density at radius 2 is 2.23 bits per heavy atom. The number of halogens is 2. The van der Waals surface area contributed by atoms with Crippen molar-refractivity contribution in [3.63, 3.8) is 0 Å². The number of aromatic nitrogens is 1. The summed E-state index contributed by atoms with van der Waals surface area (Å²) in [6, 6.07) is 6.67. The molecule has 1 aromatic carbocycles. The van der Waals surface area contributed by atoms with Crippen molar-refractivity contribution in [3.8, 4) is 11.5 Å². The highest BCUT2D eigenvalue weighted by molar-refractivity contribution is 5.85. The molecule has 1 aliphatic rings. The molecule has 1 unspecified atom stereocenters. The van der Waals surface area contributed by atoms with Crippen LogP contribution in [0.5, 0.6) is 0 Å². The molecule has 4 nitrogen and oxygen atoms in total. The van der Waals surface area contributed by atoms with Gasteiger partial charge in [-0.2, -0.15) is 0 Å². The lowest BCUT2D eigenvalue weighted by Crippen LogP contribution is -2.39. The SMILES string of the molecule is CN(Cc1coc(-c2cccc(F)c2)n1)C(CN)C1CC1.Cl. The normalized spacial score (nSPS) is 15.6. The Bertz CT molecular complexity index is 615. The van der Waals surface area contributed by atoms with Crippen LogP contribution in [0.4, 0.5) is 4.39 Å². The van der Waals surface area contributed by atoms with Crippen molar-refractivity contribution < 1.29 is 8.81 Å². The van der Waals surface area contributed by atoms with E-state index in [9.17, 15) is 4.39 Å². The first kappa shape index (κ1) is 16.9. The van der Waals surface area contributed by atoms with Crippen molar-refractivity contribution in [1.82, 2.24) is 9.88 Å². The molecule has 1 fully saturated rings. The summed E-state index contributed by atoms with van der Waals surface area (Å²) >= 11 is 0. The Hall–Kier alpha value is -1.43. The Balaban J connectivity index is 0.00000176. The average Bonchev–Trinajstić information content (AvgIpc) is 3.18. The molecule has 22 heavy (non-hydrogen) atoms. The largest absolute Gasteiger partial charge is 0.444 e. The molecule has 0 amide bonds. The van der Waals surface area contributed by atoms with Crippen LogP contribution in [-0.4, -0.2) is 29.5 Å². The fraction of sp³-hybridized carbons (Fsp3) is 0.438. The van der Waals surface area contributed by atoms with E-state index < -0.39 is 0 Å². The van der Waals surface area contributed by atoms with Crippen molar-refractivity contribution in [2.75, 3.05) is 13.6 Å². The summed E-state index contributed by atoms with van der Waals surface area (Å²) in [5, 5.41) is 0. The summed E-state index contributed by atoms with van der Waals surface area (Å²) in [4.78, 5) is 6.67. The summed E-state index contributed by atoms with van der Waals surface area (Å²) in [6.45, 7) is 1.35. The topological polar surface area (TPSA) is 55.3 Å². The minimum Gasteiger partial charge on any atom is -0.444 e. The van der Waals surface area contributed by atoms with E-state index in [4.69, 9.17) is 10.2 Å². The van der Waals surface area contributed by atoms with Crippen LogP contribution in [0.2, 0.25) is 0 Å². The Morgan fingerprint density at radius 3 is 2.86 bits per heavy atom. The van der Waals surface area contributed by atoms with Crippen LogP contribution in [0.25, 0.3) is 11.5 Å². The number of hydrogen-bond acceptors (Lipinski definition) is 4. The number of nitrogens with two attached hydrogens (primary N) is 1. The molecule has 3 rings (SSSR count). The van der Waals surface area contributed by atoms with E-state index in [0.717, 1.165) is 11.6 Å². The molecule has 6 heteroatoms. The monoisotopic (exact) mass is 325 g/mol. The second kappa shape index (κ2) is 7.22. The number of rotatable bonds is 6.